The molecule has 0 bridgehead atoms. The summed E-state index contributed by atoms with van der Waals surface area (Å²) in [6, 6.07) is 0. The molecule has 0 spiro atoms. The van der Waals surface area contributed by atoms with E-state index in [0.717, 1.165) is 33.4 Å². The summed E-state index contributed by atoms with van der Waals surface area (Å²) in [4.78, 5) is 29.9. The minimum Gasteiger partial charge on any atom is -0.378 e. The fraction of sp³-hybridized carbons (Fsp3) is 0.600. The van der Waals surface area contributed by atoms with Gasteiger partial charge in [0.25, 0.3) is 11.8 Å². The summed E-state index contributed by atoms with van der Waals surface area (Å²) in [6.07, 6.45) is 0. The Bertz CT molecular complexity index is 627. The number of carbonyl (C=O) groups is 2. The number of morpholine rings is 2. The van der Waals surface area contributed by atoms with Gasteiger partial charge in [0.2, 0.25) is 0 Å². The fourth-order valence-corrected chi connectivity index (χ4v) is 3.80. The number of nitrogens with zero attached hydrogens (tertiary/aromatic N) is 2. The average Bonchev–Trinajstić information content (AvgIpc) is 2.68. The summed E-state index contributed by atoms with van der Waals surface area (Å²) in [7, 11) is 0. The predicted molar refractivity (Wildman–Crippen MR) is 98.8 cm³/mol. The van der Waals surface area contributed by atoms with E-state index in [-0.39, 0.29) is 11.8 Å². The quantitative estimate of drug-likeness (QED) is 0.808. The average molecular weight is 360 g/mol. The Morgan fingerprint density at radius 3 is 1.15 bits per heavy atom. The van der Waals surface area contributed by atoms with Gasteiger partial charge in [-0.3, -0.25) is 9.59 Å². The van der Waals surface area contributed by atoms with Gasteiger partial charge in [0.05, 0.1) is 26.4 Å². The number of hydrogen-bond donors (Lipinski definition) is 0. The van der Waals surface area contributed by atoms with E-state index in [1.165, 1.54) is 0 Å². The molecule has 0 N–H and O–H groups in total. The first-order valence-corrected chi connectivity index (χ1v) is 9.28. The molecule has 142 valence electrons. The summed E-state index contributed by atoms with van der Waals surface area (Å²) in [5, 5.41) is 0. The first kappa shape index (κ1) is 18.9. The van der Waals surface area contributed by atoms with Gasteiger partial charge in [0.1, 0.15) is 0 Å². The van der Waals surface area contributed by atoms with Gasteiger partial charge >= 0.3 is 0 Å². The van der Waals surface area contributed by atoms with Crippen LogP contribution in [0.15, 0.2) is 0 Å². The molecular weight excluding hydrogens is 332 g/mol. The van der Waals surface area contributed by atoms with Crippen LogP contribution in [0.1, 0.15) is 43.0 Å². The SMILES string of the molecule is Cc1c(C)c(C(=O)N2CCOCC2)c(C)c(C)c1C(=O)N1CCOCC1. The van der Waals surface area contributed by atoms with Gasteiger partial charge in [-0.2, -0.15) is 0 Å². The molecule has 3 rings (SSSR count). The zero-order valence-corrected chi connectivity index (χ0v) is 16.2. The van der Waals surface area contributed by atoms with Gasteiger partial charge in [0.15, 0.2) is 0 Å². The molecule has 6 nitrogen and oxygen atoms in total. The van der Waals surface area contributed by atoms with Crippen molar-refractivity contribution in [3.05, 3.63) is 33.4 Å². The zero-order chi connectivity index (χ0) is 18.8. The van der Waals surface area contributed by atoms with E-state index in [1.807, 2.05) is 37.5 Å². The second-order valence-electron chi connectivity index (χ2n) is 7.06. The highest BCUT2D eigenvalue weighted by Gasteiger charge is 2.29. The Morgan fingerprint density at radius 1 is 0.615 bits per heavy atom. The molecule has 1 aromatic rings. The smallest absolute Gasteiger partial charge is 0.254 e. The Balaban J connectivity index is 1.99. The standard InChI is InChI=1S/C20H28N2O4/c1-13-14(2)18(20(24)22-7-11-26-12-8-22)16(4)15(3)17(13)19(23)21-5-9-25-10-6-21/h5-12H2,1-4H3. The molecule has 26 heavy (non-hydrogen) atoms. The maximum atomic E-state index is 13.1. The molecule has 0 saturated carbocycles. The maximum Gasteiger partial charge on any atom is 0.254 e. The van der Waals surface area contributed by atoms with Crippen molar-refractivity contribution in [1.82, 2.24) is 9.80 Å². The molecule has 0 aliphatic carbocycles. The van der Waals surface area contributed by atoms with Crippen molar-refractivity contribution >= 4 is 11.8 Å². The molecule has 6 heteroatoms. The van der Waals surface area contributed by atoms with E-state index in [2.05, 4.69) is 0 Å². The van der Waals surface area contributed by atoms with E-state index >= 15 is 0 Å². The molecule has 0 radical (unpaired) electrons. The summed E-state index contributed by atoms with van der Waals surface area (Å²) in [5.41, 5.74) is 5.09. The van der Waals surface area contributed by atoms with Crippen molar-refractivity contribution in [2.24, 2.45) is 0 Å². The van der Waals surface area contributed by atoms with Crippen LogP contribution in [0.2, 0.25) is 0 Å². The minimum absolute atomic E-state index is 0.0415. The van der Waals surface area contributed by atoms with E-state index in [4.69, 9.17) is 9.47 Å². The van der Waals surface area contributed by atoms with E-state index in [0.29, 0.717) is 52.6 Å². The topological polar surface area (TPSA) is 59.1 Å². The Kier molecular flexibility index (Phi) is 5.63. The van der Waals surface area contributed by atoms with Crippen molar-refractivity contribution in [2.45, 2.75) is 27.7 Å². The third kappa shape index (κ3) is 3.35. The highest BCUT2D eigenvalue weighted by atomic mass is 16.5. The predicted octanol–water partition coefficient (Wildman–Crippen LogP) is 1.87. The van der Waals surface area contributed by atoms with Crippen molar-refractivity contribution in [3.63, 3.8) is 0 Å². The van der Waals surface area contributed by atoms with Gasteiger partial charge in [-0.25, -0.2) is 0 Å². The fourth-order valence-electron chi connectivity index (χ4n) is 3.80. The zero-order valence-electron chi connectivity index (χ0n) is 16.2. The molecule has 2 saturated heterocycles. The second-order valence-corrected chi connectivity index (χ2v) is 7.06. The highest BCUT2D eigenvalue weighted by molar-refractivity contribution is 6.03. The van der Waals surface area contributed by atoms with Gasteiger partial charge < -0.3 is 19.3 Å². The van der Waals surface area contributed by atoms with Crippen molar-refractivity contribution in [3.8, 4) is 0 Å². The first-order valence-electron chi connectivity index (χ1n) is 9.28. The largest absolute Gasteiger partial charge is 0.378 e. The molecule has 2 heterocycles. The van der Waals surface area contributed by atoms with Crippen molar-refractivity contribution < 1.29 is 19.1 Å². The molecule has 0 aromatic heterocycles. The van der Waals surface area contributed by atoms with E-state index in [9.17, 15) is 9.59 Å². The third-order valence-electron chi connectivity index (χ3n) is 5.65. The number of carbonyl (C=O) groups excluding carboxylic acids is 2. The van der Waals surface area contributed by atoms with Gasteiger partial charge in [0, 0.05) is 37.3 Å². The monoisotopic (exact) mass is 360 g/mol. The molecule has 1 aromatic carbocycles. The van der Waals surface area contributed by atoms with Crippen LogP contribution in [0.3, 0.4) is 0 Å². The van der Waals surface area contributed by atoms with Crippen LogP contribution >= 0.6 is 0 Å². The lowest BCUT2D eigenvalue weighted by molar-refractivity contribution is 0.0296. The molecular formula is C20H28N2O4. The normalized spacial score (nSPS) is 18.2. The highest BCUT2D eigenvalue weighted by Crippen LogP contribution is 2.29. The van der Waals surface area contributed by atoms with E-state index in [1.54, 1.807) is 0 Å². The maximum absolute atomic E-state index is 13.1. The van der Waals surface area contributed by atoms with Gasteiger partial charge in [-0.1, -0.05) is 0 Å². The summed E-state index contributed by atoms with van der Waals surface area (Å²) in [6.45, 7) is 12.6. The lowest BCUT2D eigenvalue weighted by Gasteiger charge is -2.31. The van der Waals surface area contributed by atoms with Gasteiger partial charge in [-0.15, -0.1) is 0 Å². The van der Waals surface area contributed by atoms with Crippen LogP contribution in [0.4, 0.5) is 0 Å². The molecule has 0 unspecified atom stereocenters. The molecule has 2 aliphatic rings. The Labute approximate surface area is 155 Å². The lowest BCUT2D eigenvalue weighted by Crippen LogP contribution is -2.42. The molecule has 2 amide bonds. The first-order chi connectivity index (χ1) is 12.4. The van der Waals surface area contributed by atoms with Crippen LogP contribution in [-0.4, -0.2) is 74.2 Å². The number of benzene rings is 1. The second kappa shape index (κ2) is 7.76. The number of ether oxygens (including phenoxy) is 2. The number of rotatable bonds is 2. The van der Waals surface area contributed by atoms with E-state index < -0.39 is 0 Å². The summed E-state index contributed by atoms with van der Waals surface area (Å²) < 4.78 is 10.7. The minimum atomic E-state index is 0.0415. The van der Waals surface area contributed by atoms with Crippen molar-refractivity contribution in [2.75, 3.05) is 52.6 Å². The lowest BCUT2D eigenvalue weighted by atomic mass is 9.87. The molecule has 2 aliphatic heterocycles. The van der Waals surface area contributed by atoms with Crippen molar-refractivity contribution in [1.29, 1.82) is 0 Å². The van der Waals surface area contributed by atoms with Crippen LogP contribution < -0.4 is 0 Å². The van der Waals surface area contributed by atoms with Crippen LogP contribution in [-0.2, 0) is 9.47 Å². The van der Waals surface area contributed by atoms with Gasteiger partial charge in [-0.05, 0) is 49.9 Å². The Hall–Kier alpha value is -1.92. The summed E-state index contributed by atoms with van der Waals surface area (Å²) >= 11 is 0. The number of amides is 2. The number of hydrogen-bond acceptors (Lipinski definition) is 4. The van der Waals surface area contributed by atoms with Crippen LogP contribution in [0.5, 0.6) is 0 Å². The van der Waals surface area contributed by atoms with Crippen LogP contribution in [0, 0.1) is 27.7 Å². The van der Waals surface area contributed by atoms with Crippen LogP contribution in [0.25, 0.3) is 0 Å². The molecule has 2 fully saturated rings. The summed E-state index contributed by atoms with van der Waals surface area (Å²) in [5.74, 6) is 0.0831. The third-order valence-corrected chi connectivity index (χ3v) is 5.65. The Morgan fingerprint density at radius 2 is 0.885 bits per heavy atom. The molecule has 0 atom stereocenters.